The fourth-order valence-corrected chi connectivity index (χ4v) is 4.60. The molecule has 204 valence electrons. The first-order valence-electron chi connectivity index (χ1n) is 13.1. The molecule has 0 aliphatic rings. The highest BCUT2D eigenvalue weighted by Crippen LogP contribution is 2.36. The van der Waals surface area contributed by atoms with Crippen molar-refractivity contribution in [3.8, 4) is 22.3 Å². The van der Waals surface area contributed by atoms with Crippen molar-refractivity contribution >= 4 is 34.0 Å². The van der Waals surface area contributed by atoms with E-state index in [0.717, 1.165) is 49.8 Å². The van der Waals surface area contributed by atoms with Gasteiger partial charge in [0.25, 0.3) is 0 Å². The lowest BCUT2D eigenvalue weighted by molar-refractivity contribution is -0.141. The molecule has 0 radical (unpaired) electrons. The molecule has 0 bridgehead atoms. The van der Waals surface area contributed by atoms with E-state index in [4.69, 9.17) is 13.9 Å². The van der Waals surface area contributed by atoms with Gasteiger partial charge < -0.3 is 24.3 Å². The minimum atomic E-state index is -1.23. The number of hydrogen-bond donors (Lipinski definition) is 2. The fraction of sp³-hybridized carbons (Fsp3) is 0.212. The maximum Gasteiger partial charge on any atom is 0.408 e. The van der Waals surface area contributed by atoms with Gasteiger partial charge in [-0.25, -0.2) is 9.59 Å². The zero-order valence-corrected chi connectivity index (χ0v) is 22.6. The zero-order chi connectivity index (χ0) is 28.3. The quantitative estimate of drug-likeness (QED) is 0.214. The van der Waals surface area contributed by atoms with Crippen molar-refractivity contribution in [2.45, 2.75) is 39.0 Å². The van der Waals surface area contributed by atoms with Crippen LogP contribution in [0.2, 0.25) is 0 Å². The number of furan rings is 1. The van der Waals surface area contributed by atoms with E-state index >= 15 is 0 Å². The number of alkyl carbamates (subject to hydrolysis) is 1. The minimum Gasteiger partial charge on any atom is -0.480 e. The Morgan fingerprint density at radius 3 is 2.30 bits per heavy atom. The maximum atomic E-state index is 12.0. The third kappa shape index (κ3) is 6.16. The van der Waals surface area contributed by atoms with Crippen LogP contribution in [0.1, 0.15) is 26.3 Å². The van der Waals surface area contributed by atoms with Crippen LogP contribution in [0.5, 0.6) is 0 Å². The summed E-state index contributed by atoms with van der Waals surface area (Å²) in [5.74, 6) is -1.20. The predicted molar refractivity (Wildman–Crippen MR) is 155 cm³/mol. The Morgan fingerprint density at radius 1 is 0.850 bits per heavy atom. The molecular formula is C33H31NO6. The van der Waals surface area contributed by atoms with Crippen molar-refractivity contribution < 1.29 is 28.6 Å². The molecule has 4 aromatic carbocycles. The van der Waals surface area contributed by atoms with Crippen LogP contribution in [-0.4, -0.2) is 35.4 Å². The van der Waals surface area contributed by atoms with Crippen LogP contribution >= 0.6 is 0 Å². The van der Waals surface area contributed by atoms with E-state index in [2.05, 4.69) is 35.6 Å². The van der Waals surface area contributed by atoms with Gasteiger partial charge in [0.1, 0.15) is 16.8 Å². The van der Waals surface area contributed by atoms with Gasteiger partial charge in [0, 0.05) is 16.3 Å². The van der Waals surface area contributed by atoms with Gasteiger partial charge in [0.05, 0.1) is 13.2 Å². The number of aliphatic carboxylic acids is 1. The Hall–Kier alpha value is -4.62. The SMILES string of the molecule is CC(C)(C)OC(=O)NC(COCc1cccc(-c2cccc(-c3cccc4c3oc3ccccc34)c2)c1)C(=O)O. The predicted octanol–water partition coefficient (Wildman–Crippen LogP) is 7.41. The number of fused-ring (bicyclic) bond motifs is 3. The molecule has 2 N–H and O–H groups in total. The van der Waals surface area contributed by atoms with Crippen molar-refractivity contribution in [2.75, 3.05) is 6.61 Å². The number of carbonyl (C=O) groups is 2. The molecule has 0 saturated heterocycles. The van der Waals surface area contributed by atoms with Gasteiger partial charge >= 0.3 is 12.1 Å². The number of para-hydroxylation sites is 2. The average Bonchev–Trinajstić information content (AvgIpc) is 3.31. The molecule has 5 rings (SSSR count). The first kappa shape index (κ1) is 27.0. The smallest absolute Gasteiger partial charge is 0.408 e. The summed E-state index contributed by atoms with van der Waals surface area (Å²) in [6, 6.07) is 29.2. The molecule has 0 saturated carbocycles. The third-order valence-corrected chi connectivity index (χ3v) is 6.38. The molecule has 0 fully saturated rings. The molecule has 1 aromatic heterocycles. The Morgan fingerprint density at radius 2 is 1.52 bits per heavy atom. The monoisotopic (exact) mass is 537 g/mol. The highest BCUT2D eigenvalue weighted by atomic mass is 16.6. The lowest BCUT2D eigenvalue weighted by atomic mass is 9.97. The second kappa shape index (κ2) is 11.2. The molecule has 0 aliphatic carbocycles. The van der Waals surface area contributed by atoms with Crippen molar-refractivity contribution in [1.29, 1.82) is 0 Å². The van der Waals surface area contributed by atoms with Gasteiger partial charge in [0.2, 0.25) is 0 Å². The molecule has 1 heterocycles. The number of amides is 1. The van der Waals surface area contributed by atoms with Gasteiger partial charge in [-0.3, -0.25) is 0 Å². The summed E-state index contributed by atoms with van der Waals surface area (Å²) in [5.41, 5.74) is 5.96. The number of carboxylic acids is 1. The molecule has 7 nitrogen and oxygen atoms in total. The summed E-state index contributed by atoms with van der Waals surface area (Å²) in [7, 11) is 0. The standard InChI is InChI=1S/C33H31NO6/c1-33(2,3)40-32(37)34-28(31(35)36)20-38-19-21-9-6-10-22(17-21)23-11-7-12-24(18-23)25-14-8-15-27-26-13-4-5-16-29(26)39-30(25)27/h4-18,28H,19-20H2,1-3H3,(H,34,37)(H,35,36). The van der Waals surface area contributed by atoms with E-state index in [1.807, 2.05) is 60.7 Å². The number of carbonyl (C=O) groups excluding carboxylic acids is 1. The Bertz CT molecular complexity index is 1680. The van der Waals surface area contributed by atoms with Gasteiger partial charge in [-0.05, 0) is 61.2 Å². The fourth-order valence-electron chi connectivity index (χ4n) is 4.60. The summed E-state index contributed by atoms with van der Waals surface area (Å²) in [6.07, 6.45) is -0.802. The van der Waals surface area contributed by atoms with E-state index < -0.39 is 23.7 Å². The molecule has 1 atom stereocenters. The Labute approximate surface area is 232 Å². The lowest BCUT2D eigenvalue weighted by Crippen LogP contribution is -2.46. The number of benzene rings is 4. The normalized spacial score (nSPS) is 12.4. The second-order valence-corrected chi connectivity index (χ2v) is 10.6. The van der Waals surface area contributed by atoms with Gasteiger partial charge in [-0.1, -0.05) is 72.8 Å². The molecule has 5 aromatic rings. The van der Waals surface area contributed by atoms with Crippen molar-refractivity contribution in [2.24, 2.45) is 0 Å². The van der Waals surface area contributed by atoms with E-state index in [1.54, 1.807) is 20.8 Å². The molecule has 7 heteroatoms. The van der Waals surface area contributed by atoms with Crippen LogP contribution in [0.15, 0.2) is 95.4 Å². The van der Waals surface area contributed by atoms with Crippen LogP contribution < -0.4 is 5.32 Å². The largest absolute Gasteiger partial charge is 0.480 e. The summed E-state index contributed by atoms with van der Waals surface area (Å²) in [5, 5.41) is 14.0. The third-order valence-electron chi connectivity index (χ3n) is 6.38. The molecular weight excluding hydrogens is 506 g/mol. The number of carboxylic acid groups (broad SMARTS) is 1. The first-order chi connectivity index (χ1) is 19.2. The summed E-state index contributed by atoms with van der Waals surface area (Å²) >= 11 is 0. The minimum absolute atomic E-state index is 0.186. The number of nitrogens with one attached hydrogen (secondary N) is 1. The van der Waals surface area contributed by atoms with Gasteiger partial charge in [0.15, 0.2) is 6.04 Å². The van der Waals surface area contributed by atoms with Crippen LogP contribution in [0.4, 0.5) is 4.79 Å². The molecule has 1 unspecified atom stereocenters. The topological polar surface area (TPSA) is 98.0 Å². The van der Waals surface area contributed by atoms with Crippen LogP contribution in [0.25, 0.3) is 44.2 Å². The highest BCUT2D eigenvalue weighted by molar-refractivity contribution is 6.09. The number of hydrogen-bond acceptors (Lipinski definition) is 5. The zero-order valence-electron chi connectivity index (χ0n) is 22.6. The highest BCUT2D eigenvalue weighted by Gasteiger charge is 2.24. The summed E-state index contributed by atoms with van der Waals surface area (Å²) in [6.45, 7) is 5.11. The average molecular weight is 538 g/mol. The Kier molecular flexibility index (Phi) is 7.58. The molecule has 40 heavy (non-hydrogen) atoms. The van der Waals surface area contributed by atoms with Gasteiger partial charge in [-0.15, -0.1) is 0 Å². The van der Waals surface area contributed by atoms with Crippen molar-refractivity contribution in [3.05, 3.63) is 96.6 Å². The van der Waals surface area contributed by atoms with E-state index in [0.29, 0.717) is 0 Å². The summed E-state index contributed by atoms with van der Waals surface area (Å²) in [4.78, 5) is 23.6. The maximum absolute atomic E-state index is 12.0. The Balaban J connectivity index is 1.31. The first-order valence-corrected chi connectivity index (χ1v) is 13.1. The van der Waals surface area contributed by atoms with Crippen molar-refractivity contribution in [3.63, 3.8) is 0 Å². The molecule has 0 aliphatic heterocycles. The lowest BCUT2D eigenvalue weighted by Gasteiger charge is -2.22. The van der Waals surface area contributed by atoms with E-state index in [9.17, 15) is 14.7 Å². The molecule has 1 amide bonds. The summed E-state index contributed by atoms with van der Waals surface area (Å²) < 4.78 is 17.1. The van der Waals surface area contributed by atoms with E-state index in [-0.39, 0.29) is 13.2 Å². The van der Waals surface area contributed by atoms with E-state index in [1.165, 1.54) is 0 Å². The molecule has 0 spiro atoms. The number of ether oxygens (including phenoxy) is 2. The van der Waals surface area contributed by atoms with Crippen LogP contribution in [0.3, 0.4) is 0 Å². The van der Waals surface area contributed by atoms with Crippen LogP contribution in [-0.2, 0) is 20.9 Å². The second-order valence-electron chi connectivity index (χ2n) is 10.6. The van der Waals surface area contributed by atoms with Gasteiger partial charge in [-0.2, -0.15) is 0 Å². The van der Waals surface area contributed by atoms with Crippen molar-refractivity contribution in [1.82, 2.24) is 5.32 Å². The van der Waals surface area contributed by atoms with Crippen LogP contribution in [0, 0.1) is 0 Å². The number of rotatable bonds is 8.